The van der Waals surface area contributed by atoms with E-state index in [0.717, 1.165) is 22.3 Å². The van der Waals surface area contributed by atoms with Crippen molar-refractivity contribution in [1.29, 1.82) is 5.41 Å². The molecule has 2 rings (SSSR count). The maximum absolute atomic E-state index is 7.67. The van der Waals surface area contributed by atoms with Crippen molar-refractivity contribution in [1.82, 2.24) is 4.98 Å². The van der Waals surface area contributed by atoms with Gasteiger partial charge in [-0.2, -0.15) is 0 Å². The molecular weight excluding hydrogens is 318 g/mol. The highest BCUT2D eigenvalue weighted by Gasteiger charge is 2.13. The SMILES string of the molecule is CCc1nc(C)ccc1Oc1cccc(Br)c1C(=N)N. The van der Waals surface area contributed by atoms with Crippen LogP contribution in [-0.4, -0.2) is 10.8 Å². The van der Waals surface area contributed by atoms with Crippen LogP contribution in [0.2, 0.25) is 0 Å². The van der Waals surface area contributed by atoms with Crippen LogP contribution in [0.3, 0.4) is 0 Å². The summed E-state index contributed by atoms with van der Waals surface area (Å²) in [4.78, 5) is 4.46. The molecule has 20 heavy (non-hydrogen) atoms. The Morgan fingerprint density at radius 2 is 2.05 bits per heavy atom. The van der Waals surface area contributed by atoms with Crippen LogP contribution in [-0.2, 0) is 6.42 Å². The van der Waals surface area contributed by atoms with Crippen molar-refractivity contribution in [3.63, 3.8) is 0 Å². The molecule has 0 radical (unpaired) electrons. The highest BCUT2D eigenvalue weighted by Crippen LogP contribution is 2.31. The minimum atomic E-state index is -0.0365. The summed E-state index contributed by atoms with van der Waals surface area (Å²) in [7, 11) is 0. The van der Waals surface area contributed by atoms with E-state index in [4.69, 9.17) is 15.9 Å². The largest absolute Gasteiger partial charge is 0.455 e. The summed E-state index contributed by atoms with van der Waals surface area (Å²) in [5.74, 6) is 1.21. The first-order chi connectivity index (χ1) is 9.52. The lowest BCUT2D eigenvalue weighted by Gasteiger charge is -2.14. The molecule has 1 heterocycles. The molecule has 2 aromatic rings. The second-order valence-electron chi connectivity index (χ2n) is 4.38. The number of pyridine rings is 1. The van der Waals surface area contributed by atoms with E-state index in [0.29, 0.717) is 17.1 Å². The van der Waals surface area contributed by atoms with Crippen LogP contribution in [0.25, 0.3) is 0 Å². The monoisotopic (exact) mass is 333 g/mol. The molecular formula is C15H16BrN3O. The summed E-state index contributed by atoms with van der Waals surface area (Å²) in [6.07, 6.45) is 0.778. The summed E-state index contributed by atoms with van der Waals surface area (Å²) in [6, 6.07) is 9.27. The Morgan fingerprint density at radius 1 is 1.30 bits per heavy atom. The average molecular weight is 334 g/mol. The third kappa shape index (κ3) is 2.99. The van der Waals surface area contributed by atoms with Crippen molar-refractivity contribution < 1.29 is 4.74 Å². The molecule has 1 aromatic heterocycles. The Bertz CT molecular complexity index is 656. The molecule has 0 bridgehead atoms. The van der Waals surface area contributed by atoms with Gasteiger partial charge in [0.2, 0.25) is 0 Å². The summed E-state index contributed by atoms with van der Waals surface area (Å²) in [6.45, 7) is 3.98. The van der Waals surface area contributed by atoms with Gasteiger partial charge in [0, 0.05) is 10.2 Å². The first kappa shape index (κ1) is 14.5. The standard InChI is InChI=1S/C15H16BrN3O/c1-3-11-12(8-7-9(2)19-11)20-13-6-4-5-10(16)14(13)15(17)18/h4-8H,3H2,1-2H3,(H3,17,18). The van der Waals surface area contributed by atoms with E-state index in [1.165, 1.54) is 0 Å². The fourth-order valence-corrected chi connectivity index (χ4v) is 2.47. The number of hydrogen-bond acceptors (Lipinski definition) is 3. The van der Waals surface area contributed by atoms with E-state index in [1.807, 2.05) is 38.1 Å². The lowest BCUT2D eigenvalue weighted by atomic mass is 10.2. The molecule has 5 heteroatoms. The Balaban J connectivity index is 2.45. The molecule has 0 fully saturated rings. The molecule has 3 N–H and O–H groups in total. The number of aryl methyl sites for hydroxylation is 2. The van der Waals surface area contributed by atoms with Crippen molar-refractivity contribution in [2.45, 2.75) is 20.3 Å². The van der Waals surface area contributed by atoms with Gasteiger partial charge in [0.15, 0.2) is 0 Å². The molecule has 0 saturated carbocycles. The number of ether oxygens (including phenoxy) is 1. The number of nitrogens with two attached hydrogens (primary N) is 1. The first-order valence-electron chi connectivity index (χ1n) is 6.30. The topological polar surface area (TPSA) is 72.0 Å². The molecule has 0 aliphatic heterocycles. The third-order valence-electron chi connectivity index (χ3n) is 2.87. The Labute approximate surface area is 126 Å². The highest BCUT2D eigenvalue weighted by molar-refractivity contribution is 9.10. The first-order valence-corrected chi connectivity index (χ1v) is 7.09. The minimum Gasteiger partial charge on any atom is -0.455 e. The van der Waals surface area contributed by atoms with E-state index in [1.54, 1.807) is 6.07 Å². The lowest BCUT2D eigenvalue weighted by molar-refractivity contribution is 0.471. The Hall–Kier alpha value is -1.88. The molecule has 0 saturated heterocycles. The van der Waals surface area contributed by atoms with Crippen LogP contribution in [0.15, 0.2) is 34.8 Å². The molecule has 4 nitrogen and oxygen atoms in total. The van der Waals surface area contributed by atoms with E-state index in [2.05, 4.69) is 20.9 Å². The van der Waals surface area contributed by atoms with Gasteiger partial charge in [-0.15, -0.1) is 0 Å². The second kappa shape index (κ2) is 6.05. The van der Waals surface area contributed by atoms with Crippen molar-refractivity contribution in [2.24, 2.45) is 5.73 Å². The Kier molecular flexibility index (Phi) is 4.39. The maximum atomic E-state index is 7.67. The third-order valence-corrected chi connectivity index (χ3v) is 3.53. The molecule has 104 valence electrons. The van der Waals surface area contributed by atoms with E-state index in [-0.39, 0.29) is 5.84 Å². The molecule has 0 spiro atoms. The summed E-state index contributed by atoms with van der Waals surface area (Å²) < 4.78 is 6.65. The van der Waals surface area contributed by atoms with Gasteiger partial charge in [-0.05, 0) is 53.5 Å². The van der Waals surface area contributed by atoms with Gasteiger partial charge in [0.1, 0.15) is 17.3 Å². The summed E-state index contributed by atoms with van der Waals surface area (Å²) >= 11 is 3.39. The number of amidine groups is 1. The van der Waals surface area contributed by atoms with Crippen molar-refractivity contribution in [3.8, 4) is 11.5 Å². The number of rotatable bonds is 4. The number of nitrogens with one attached hydrogen (secondary N) is 1. The fourth-order valence-electron chi connectivity index (χ4n) is 1.91. The Morgan fingerprint density at radius 3 is 2.70 bits per heavy atom. The molecule has 1 aromatic carbocycles. The summed E-state index contributed by atoms with van der Waals surface area (Å²) in [5, 5.41) is 7.67. The lowest BCUT2D eigenvalue weighted by Crippen LogP contribution is -2.13. The number of nitrogens with zero attached hydrogens (tertiary/aromatic N) is 1. The van der Waals surface area contributed by atoms with Crippen molar-refractivity contribution in [3.05, 3.63) is 51.8 Å². The predicted molar refractivity (Wildman–Crippen MR) is 83.6 cm³/mol. The van der Waals surface area contributed by atoms with Gasteiger partial charge >= 0.3 is 0 Å². The number of halogens is 1. The average Bonchev–Trinajstić information content (AvgIpc) is 2.40. The number of benzene rings is 1. The normalized spacial score (nSPS) is 10.3. The van der Waals surface area contributed by atoms with Gasteiger partial charge in [0.05, 0.1) is 11.3 Å². The number of hydrogen-bond donors (Lipinski definition) is 2. The van der Waals surface area contributed by atoms with Crippen LogP contribution in [0.1, 0.15) is 23.9 Å². The zero-order valence-corrected chi connectivity index (χ0v) is 13.0. The molecule has 0 amide bonds. The van der Waals surface area contributed by atoms with Crippen LogP contribution >= 0.6 is 15.9 Å². The molecule has 0 aliphatic rings. The van der Waals surface area contributed by atoms with Crippen molar-refractivity contribution >= 4 is 21.8 Å². The van der Waals surface area contributed by atoms with E-state index < -0.39 is 0 Å². The quantitative estimate of drug-likeness (QED) is 0.660. The number of nitrogen functional groups attached to an aromatic ring is 1. The maximum Gasteiger partial charge on any atom is 0.148 e. The van der Waals surface area contributed by atoms with E-state index >= 15 is 0 Å². The molecule has 0 atom stereocenters. The molecule has 0 unspecified atom stereocenters. The minimum absolute atomic E-state index is 0.0365. The van der Waals surface area contributed by atoms with Gasteiger partial charge < -0.3 is 10.5 Å². The van der Waals surface area contributed by atoms with Gasteiger partial charge in [-0.25, -0.2) is 0 Å². The van der Waals surface area contributed by atoms with Crippen LogP contribution in [0.5, 0.6) is 11.5 Å². The summed E-state index contributed by atoms with van der Waals surface area (Å²) in [5.41, 5.74) is 8.01. The zero-order chi connectivity index (χ0) is 14.7. The highest BCUT2D eigenvalue weighted by atomic mass is 79.9. The van der Waals surface area contributed by atoms with E-state index in [9.17, 15) is 0 Å². The van der Waals surface area contributed by atoms with Crippen LogP contribution < -0.4 is 10.5 Å². The fraction of sp³-hybridized carbons (Fsp3) is 0.200. The zero-order valence-electron chi connectivity index (χ0n) is 11.4. The number of aromatic nitrogens is 1. The smallest absolute Gasteiger partial charge is 0.148 e. The van der Waals surface area contributed by atoms with Crippen LogP contribution in [0.4, 0.5) is 0 Å². The molecule has 0 aliphatic carbocycles. The second-order valence-corrected chi connectivity index (χ2v) is 5.23. The predicted octanol–water partition coefficient (Wildman–Crippen LogP) is 3.79. The van der Waals surface area contributed by atoms with Gasteiger partial charge in [-0.1, -0.05) is 13.0 Å². The van der Waals surface area contributed by atoms with Gasteiger partial charge in [-0.3, -0.25) is 10.4 Å². The van der Waals surface area contributed by atoms with Gasteiger partial charge in [0.25, 0.3) is 0 Å². The van der Waals surface area contributed by atoms with Crippen LogP contribution in [0, 0.1) is 12.3 Å². The van der Waals surface area contributed by atoms with Crippen molar-refractivity contribution in [2.75, 3.05) is 0 Å².